The number of benzene rings is 3. The fraction of sp³-hybridized carbons (Fsp3) is 0.0870. The number of hydrogen-bond donors (Lipinski definition) is 2. The van der Waals surface area contributed by atoms with E-state index in [0.29, 0.717) is 22.9 Å². The molecule has 2 amide bonds. The van der Waals surface area contributed by atoms with Crippen LogP contribution >= 0.6 is 11.6 Å². The minimum absolute atomic E-state index is 0.167. The van der Waals surface area contributed by atoms with E-state index >= 15 is 0 Å². The minimum Gasteiger partial charge on any atom is -0.489 e. The second-order valence-corrected chi connectivity index (χ2v) is 6.70. The Hall–Kier alpha value is -3.64. The van der Waals surface area contributed by atoms with Crippen molar-refractivity contribution in [3.8, 4) is 5.75 Å². The Bertz CT molecular complexity index is 1020. The Labute approximate surface area is 179 Å². The third-order valence-corrected chi connectivity index (χ3v) is 4.45. The molecule has 2 N–H and O–H groups in total. The fourth-order valence-electron chi connectivity index (χ4n) is 2.50. The van der Waals surface area contributed by atoms with E-state index in [1.165, 1.54) is 6.21 Å². The van der Waals surface area contributed by atoms with Gasteiger partial charge in [0.2, 0.25) is 0 Å². The lowest BCUT2D eigenvalue weighted by Crippen LogP contribution is -2.34. The van der Waals surface area contributed by atoms with E-state index in [-0.39, 0.29) is 12.5 Å². The Kier molecular flexibility index (Phi) is 7.58. The van der Waals surface area contributed by atoms with Crippen molar-refractivity contribution < 1.29 is 14.3 Å². The van der Waals surface area contributed by atoms with Gasteiger partial charge in [0.1, 0.15) is 12.4 Å². The summed E-state index contributed by atoms with van der Waals surface area (Å²) >= 11 is 6.11. The maximum atomic E-state index is 11.9. The van der Waals surface area contributed by atoms with Crippen molar-refractivity contribution in [1.82, 2.24) is 10.7 Å². The molecule has 0 aliphatic rings. The van der Waals surface area contributed by atoms with Gasteiger partial charge in [-0.1, -0.05) is 48.0 Å². The van der Waals surface area contributed by atoms with Gasteiger partial charge in [-0.25, -0.2) is 5.43 Å². The summed E-state index contributed by atoms with van der Waals surface area (Å²) in [5.74, 6) is -0.0444. The van der Waals surface area contributed by atoms with Gasteiger partial charge in [0.25, 0.3) is 11.8 Å². The molecule has 0 spiro atoms. The molecule has 3 aromatic rings. The first-order chi connectivity index (χ1) is 14.6. The molecule has 0 bridgehead atoms. The van der Waals surface area contributed by atoms with Gasteiger partial charge in [0.15, 0.2) is 0 Å². The van der Waals surface area contributed by atoms with E-state index in [1.807, 2.05) is 42.5 Å². The number of nitrogens with one attached hydrogen (secondary N) is 2. The van der Waals surface area contributed by atoms with Crippen LogP contribution in [-0.2, 0) is 11.4 Å². The fourth-order valence-corrected chi connectivity index (χ4v) is 2.69. The zero-order valence-electron chi connectivity index (χ0n) is 16.0. The first-order valence-corrected chi connectivity index (χ1v) is 9.61. The zero-order chi connectivity index (χ0) is 21.2. The number of hydrazone groups is 1. The van der Waals surface area contributed by atoms with Crippen LogP contribution in [0.3, 0.4) is 0 Å². The molecular weight excluding hydrogens is 402 g/mol. The number of halogens is 1. The summed E-state index contributed by atoms with van der Waals surface area (Å²) in [5.41, 5.74) is 4.56. The topological polar surface area (TPSA) is 79.8 Å². The molecule has 0 aromatic heterocycles. The predicted molar refractivity (Wildman–Crippen MR) is 117 cm³/mol. The summed E-state index contributed by atoms with van der Waals surface area (Å²) in [6, 6.07) is 23.4. The summed E-state index contributed by atoms with van der Waals surface area (Å²) in [6.07, 6.45) is 1.51. The van der Waals surface area contributed by atoms with Crippen LogP contribution in [0.15, 0.2) is 84.0 Å². The summed E-state index contributed by atoms with van der Waals surface area (Å²) in [6.45, 7) is 0.206. The SMILES string of the molecule is O=C(CNC(=O)c1ccccc1)N/N=C/c1ccc(OCc2ccccc2Cl)cc1. The number of carbonyl (C=O) groups is 2. The molecular formula is C23H20ClN3O3. The molecule has 152 valence electrons. The van der Waals surface area contributed by atoms with Crippen molar-refractivity contribution in [1.29, 1.82) is 0 Å². The molecule has 0 aliphatic heterocycles. The average molecular weight is 422 g/mol. The smallest absolute Gasteiger partial charge is 0.259 e. The number of rotatable bonds is 8. The zero-order valence-corrected chi connectivity index (χ0v) is 16.8. The molecule has 3 rings (SSSR count). The Morgan fingerprint density at radius 2 is 1.63 bits per heavy atom. The van der Waals surface area contributed by atoms with E-state index in [2.05, 4.69) is 15.8 Å². The normalized spacial score (nSPS) is 10.6. The van der Waals surface area contributed by atoms with Crippen LogP contribution in [-0.4, -0.2) is 24.6 Å². The summed E-state index contributed by atoms with van der Waals surface area (Å²) in [4.78, 5) is 23.7. The van der Waals surface area contributed by atoms with Crippen molar-refractivity contribution in [2.24, 2.45) is 5.10 Å². The van der Waals surface area contributed by atoms with Gasteiger partial charge in [-0.2, -0.15) is 5.10 Å². The van der Waals surface area contributed by atoms with Gasteiger partial charge in [0, 0.05) is 16.1 Å². The molecule has 0 atom stereocenters. The predicted octanol–water partition coefficient (Wildman–Crippen LogP) is 3.80. The minimum atomic E-state index is -0.421. The Morgan fingerprint density at radius 1 is 0.933 bits per heavy atom. The largest absolute Gasteiger partial charge is 0.489 e. The third kappa shape index (κ3) is 6.46. The highest BCUT2D eigenvalue weighted by molar-refractivity contribution is 6.31. The first-order valence-electron chi connectivity index (χ1n) is 9.23. The molecule has 6 nitrogen and oxygen atoms in total. The highest BCUT2D eigenvalue weighted by atomic mass is 35.5. The lowest BCUT2D eigenvalue weighted by Gasteiger charge is -2.07. The van der Waals surface area contributed by atoms with Crippen molar-refractivity contribution in [2.45, 2.75) is 6.61 Å². The first kappa shape index (κ1) is 21.1. The number of carbonyl (C=O) groups excluding carboxylic acids is 2. The van der Waals surface area contributed by atoms with Gasteiger partial charge < -0.3 is 10.1 Å². The average Bonchev–Trinajstić information content (AvgIpc) is 2.78. The second kappa shape index (κ2) is 10.8. The standard InChI is InChI=1S/C23H20ClN3O3/c24-21-9-5-4-8-19(21)16-30-20-12-10-17(11-13-20)14-26-27-22(28)15-25-23(29)18-6-2-1-3-7-18/h1-14H,15-16H2,(H,25,29)(H,27,28)/b26-14+. The van der Waals surface area contributed by atoms with Crippen LogP contribution in [0, 0.1) is 0 Å². The number of hydrogen-bond acceptors (Lipinski definition) is 4. The van der Waals surface area contributed by atoms with Gasteiger partial charge in [0.05, 0.1) is 12.8 Å². The van der Waals surface area contributed by atoms with Crippen molar-refractivity contribution in [2.75, 3.05) is 6.54 Å². The third-order valence-electron chi connectivity index (χ3n) is 4.08. The van der Waals surface area contributed by atoms with Gasteiger partial charge in [-0.15, -0.1) is 0 Å². The van der Waals surface area contributed by atoms with E-state index < -0.39 is 5.91 Å². The molecule has 0 aliphatic carbocycles. The van der Waals surface area contributed by atoms with Crippen LogP contribution in [0.25, 0.3) is 0 Å². The van der Waals surface area contributed by atoms with Crippen LogP contribution < -0.4 is 15.5 Å². The maximum absolute atomic E-state index is 11.9. The van der Waals surface area contributed by atoms with Gasteiger partial charge in [-0.05, 0) is 48.0 Å². The highest BCUT2D eigenvalue weighted by Crippen LogP contribution is 2.18. The van der Waals surface area contributed by atoms with Crippen LogP contribution in [0.1, 0.15) is 21.5 Å². The van der Waals surface area contributed by atoms with Crippen LogP contribution in [0.5, 0.6) is 5.75 Å². The molecule has 7 heteroatoms. The summed E-state index contributed by atoms with van der Waals surface area (Å²) in [5, 5.41) is 7.09. The van der Waals surface area contributed by atoms with Gasteiger partial charge >= 0.3 is 0 Å². The van der Waals surface area contributed by atoms with E-state index in [9.17, 15) is 9.59 Å². The van der Waals surface area contributed by atoms with Crippen LogP contribution in [0.2, 0.25) is 5.02 Å². The van der Waals surface area contributed by atoms with E-state index in [1.54, 1.807) is 36.4 Å². The molecule has 3 aromatic carbocycles. The van der Waals surface area contributed by atoms with E-state index in [4.69, 9.17) is 16.3 Å². The number of nitrogens with zero attached hydrogens (tertiary/aromatic N) is 1. The number of amides is 2. The molecule has 0 saturated heterocycles. The van der Waals surface area contributed by atoms with Crippen LogP contribution in [0.4, 0.5) is 0 Å². The molecule has 0 heterocycles. The Morgan fingerprint density at radius 3 is 2.37 bits per heavy atom. The molecule has 30 heavy (non-hydrogen) atoms. The lowest BCUT2D eigenvalue weighted by molar-refractivity contribution is -0.120. The molecule has 0 unspecified atom stereocenters. The molecule has 0 radical (unpaired) electrons. The number of ether oxygens (including phenoxy) is 1. The van der Waals surface area contributed by atoms with Crippen molar-refractivity contribution in [3.05, 3.63) is 101 Å². The maximum Gasteiger partial charge on any atom is 0.259 e. The molecule has 0 fully saturated rings. The van der Waals surface area contributed by atoms with E-state index in [0.717, 1.165) is 11.1 Å². The lowest BCUT2D eigenvalue weighted by atomic mass is 10.2. The Balaban J connectivity index is 1.42. The second-order valence-electron chi connectivity index (χ2n) is 6.29. The van der Waals surface area contributed by atoms with Crippen molar-refractivity contribution in [3.63, 3.8) is 0 Å². The summed E-state index contributed by atoms with van der Waals surface area (Å²) in [7, 11) is 0. The highest BCUT2D eigenvalue weighted by Gasteiger charge is 2.06. The molecule has 0 saturated carbocycles. The quantitative estimate of drug-likeness (QED) is 0.429. The van der Waals surface area contributed by atoms with Gasteiger partial charge in [-0.3, -0.25) is 9.59 Å². The summed E-state index contributed by atoms with van der Waals surface area (Å²) < 4.78 is 5.72. The van der Waals surface area contributed by atoms with Crippen molar-refractivity contribution >= 4 is 29.6 Å². The monoisotopic (exact) mass is 421 g/mol.